The van der Waals surface area contributed by atoms with Crippen molar-refractivity contribution < 1.29 is 14.3 Å². The third kappa shape index (κ3) is 2.31. The Morgan fingerprint density at radius 2 is 2.24 bits per heavy atom. The van der Waals surface area contributed by atoms with Crippen molar-refractivity contribution in [2.45, 2.75) is 38.3 Å². The number of halogens is 1. The van der Waals surface area contributed by atoms with Gasteiger partial charge in [0.25, 0.3) is 5.91 Å². The fraction of sp³-hybridized carbons (Fsp3) is 0.438. The molecule has 1 aliphatic heterocycles. The zero-order valence-corrected chi connectivity index (χ0v) is 12.2. The number of likely N-dealkylation sites (tertiary alicyclic amines) is 1. The quantitative estimate of drug-likeness (QED) is 0.893. The van der Waals surface area contributed by atoms with Gasteiger partial charge in [0.15, 0.2) is 0 Å². The molecule has 2 aromatic rings. The van der Waals surface area contributed by atoms with Gasteiger partial charge in [-0.15, -0.1) is 0 Å². The molecular weight excluding hydrogens is 271 g/mol. The van der Waals surface area contributed by atoms with Crippen molar-refractivity contribution in [3.63, 3.8) is 0 Å². The highest BCUT2D eigenvalue weighted by Crippen LogP contribution is 2.30. The van der Waals surface area contributed by atoms with Crippen LogP contribution in [0.3, 0.4) is 0 Å². The van der Waals surface area contributed by atoms with Gasteiger partial charge in [0.05, 0.1) is 17.2 Å². The van der Waals surface area contributed by atoms with Crippen molar-refractivity contribution in [2.75, 3.05) is 6.54 Å². The molecule has 1 aromatic carbocycles. The summed E-state index contributed by atoms with van der Waals surface area (Å²) < 4.78 is 14.0. The van der Waals surface area contributed by atoms with Gasteiger partial charge in [-0.05, 0) is 38.8 Å². The van der Waals surface area contributed by atoms with Crippen LogP contribution in [0, 0.1) is 5.82 Å². The van der Waals surface area contributed by atoms with E-state index >= 15 is 0 Å². The molecule has 1 aromatic heterocycles. The van der Waals surface area contributed by atoms with Crippen molar-refractivity contribution >= 4 is 16.8 Å². The van der Waals surface area contributed by atoms with Crippen molar-refractivity contribution in [2.24, 2.45) is 0 Å². The summed E-state index contributed by atoms with van der Waals surface area (Å²) in [6, 6.07) is 4.47. The van der Waals surface area contributed by atoms with Gasteiger partial charge in [-0.25, -0.2) is 4.39 Å². The molecule has 0 aliphatic carbocycles. The minimum atomic E-state index is -0.961. The number of carbonyl (C=O) groups is 1. The van der Waals surface area contributed by atoms with E-state index < -0.39 is 11.4 Å². The van der Waals surface area contributed by atoms with Crippen LogP contribution in [0.15, 0.2) is 24.4 Å². The highest BCUT2D eigenvalue weighted by Gasteiger charge is 2.39. The summed E-state index contributed by atoms with van der Waals surface area (Å²) in [6.07, 6.45) is 3.17. The third-order valence-corrected chi connectivity index (χ3v) is 4.21. The van der Waals surface area contributed by atoms with Crippen LogP contribution in [0.25, 0.3) is 10.9 Å². The first-order valence-corrected chi connectivity index (χ1v) is 7.18. The Balaban J connectivity index is 2.01. The molecule has 1 amide bonds. The standard InChI is InChI=1S/C16H19FN2O2/c1-16(2,21)13-7-4-8-19(13)15(20)10-9-18-12-6-3-5-11(17)14(10)12/h3,5-6,9,13,18,21H,4,7-8H2,1-2H3. The van der Waals surface area contributed by atoms with Crippen LogP contribution in [0.2, 0.25) is 0 Å². The number of carbonyl (C=O) groups excluding carboxylic acids is 1. The molecule has 112 valence electrons. The largest absolute Gasteiger partial charge is 0.388 e. The van der Waals surface area contributed by atoms with Gasteiger partial charge >= 0.3 is 0 Å². The predicted molar refractivity (Wildman–Crippen MR) is 78.6 cm³/mol. The molecule has 4 nitrogen and oxygen atoms in total. The van der Waals surface area contributed by atoms with Crippen molar-refractivity contribution in [3.8, 4) is 0 Å². The summed E-state index contributed by atoms with van der Waals surface area (Å²) in [6.45, 7) is 4.01. The maximum Gasteiger partial charge on any atom is 0.256 e. The molecule has 0 spiro atoms. The molecule has 0 saturated carbocycles. The molecule has 1 atom stereocenters. The van der Waals surface area contributed by atoms with Crippen LogP contribution in [0.5, 0.6) is 0 Å². The van der Waals surface area contributed by atoms with E-state index in [1.807, 2.05) is 0 Å². The molecule has 2 heterocycles. The van der Waals surface area contributed by atoms with E-state index in [9.17, 15) is 14.3 Å². The van der Waals surface area contributed by atoms with E-state index in [0.717, 1.165) is 12.8 Å². The SMILES string of the molecule is CC(C)(O)C1CCCN1C(=O)c1c[nH]c2cccc(F)c12. The Labute approximate surface area is 122 Å². The molecule has 1 aliphatic rings. The summed E-state index contributed by atoms with van der Waals surface area (Å²) in [5.41, 5.74) is -0.0202. The predicted octanol–water partition coefficient (Wildman–Crippen LogP) is 2.68. The van der Waals surface area contributed by atoms with Crippen LogP contribution in [0.4, 0.5) is 4.39 Å². The van der Waals surface area contributed by atoms with Crippen LogP contribution in [-0.4, -0.2) is 39.1 Å². The third-order valence-electron chi connectivity index (χ3n) is 4.21. The van der Waals surface area contributed by atoms with Gasteiger partial charge in [0.2, 0.25) is 0 Å². The van der Waals surface area contributed by atoms with E-state index in [4.69, 9.17) is 0 Å². The Hall–Kier alpha value is -1.88. The first kappa shape index (κ1) is 14.1. The number of hydrogen-bond donors (Lipinski definition) is 2. The summed E-state index contributed by atoms with van der Waals surface area (Å²) in [7, 11) is 0. The number of aliphatic hydroxyl groups is 1. The van der Waals surface area contributed by atoms with Gasteiger partial charge in [-0.3, -0.25) is 4.79 Å². The van der Waals surface area contributed by atoms with E-state index in [1.54, 1.807) is 37.1 Å². The smallest absolute Gasteiger partial charge is 0.256 e. The lowest BCUT2D eigenvalue weighted by Gasteiger charge is -2.33. The molecular formula is C16H19FN2O2. The Bertz CT molecular complexity index is 687. The minimum absolute atomic E-state index is 0.226. The fourth-order valence-electron chi connectivity index (χ4n) is 3.21. The summed E-state index contributed by atoms with van der Waals surface area (Å²) in [5, 5.41) is 10.5. The average molecular weight is 290 g/mol. The summed E-state index contributed by atoms with van der Waals surface area (Å²) in [4.78, 5) is 17.4. The Kier molecular flexibility index (Phi) is 3.24. The molecule has 2 N–H and O–H groups in total. The second-order valence-electron chi connectivity index (χ2n) is 6.17. The zero-order chi connectivity index (χ0) is 15.2. The number of fused-ring (bicyclic) bond motifs is 1. The second-order valence-corrected chi connectivity index (χ2v) is 6.17. The van der Waals surface area contributed by atoms with E-state index in [1.165, 1.54) is 6.07 Å². The van der Waals surface area contributed by atoms with E-state index in [2.05, 4.69) is 4.98 Å². The molecule has 21 heavy (non-hydrogen) atoms. The molecule has 1 unspecified atom stereocenters. The molecule has 3 rings (SSSR count). The fourth-order valence-corrected chi connectivity index (χ4v) is 3.21. The van der Waals surface area contributed by atoms with Gasteiger partial charge in [0.1, 0.15) is 5.82 Å². The topological polar surface area (TPSA) is 56.3 Å². The number of hydrogen-bond acceptors (Lipinski definition) is 2. The molecule has 5 heteroatoms. The Morgan fingerprint density at radius 1 is 1.48 bits per heavy atom. The highest BCUT2D eigenvalue weighted by molar-refractivity contribution is 6.07. The monoisotopic (exact) mass is 290 g/mol. The number of rotatable bonds is 2. The van der Waals surface area contributed by atoms with Crippen molar-refractivity contribution in [1.82, 2.24) is 9.88 Å². The minimum Gasteiger partial charge on any atom is -0.388 e. The molecule has 1 saturated heterocycles. The molecule has 1 fully saturated rings. The van der Waals surface area contributed by atoms with Crippen molar-refractivity contribution in [1.29, 1.82) is 0 Å². The molecule has 0 bridgehead atoms. The summed E-state index contributed by atoms with van der Waals surface area (Å²) >= 11 is 0. The number of nitrogens with one attached hydrogen (secondary N) is 1. The zero-order valence-electron chi connectivity index (χ0n) is 12.2. The number of amides is 1. The van der Waals surface area contributed by atoms with Crippen LogP contribution in [0.1, 0.15) is 37.0 Å². The van der Waals surface area contributed by atoms with Crippen LogP contribution in [-0.2, 0) is 0 Å². The highest BCUT2D eigenvalue weighted by atomic mass is 19.1. The maximum atomic E-state index is 14.0. The van der Waals surface area contributed by atoms with Crippen LogP contribution >= 0.6 is 0 Å². The van der Waals surface area contributed by atoms with Gasteiger partial charge in [0, 0.05) is 23.6 Å². The van der Waals surface area contributed by atoms with Gasteiger partial charge in [-0.2, -0.15) is 0 Å². The number of nitrogens with zero attached hydrogens (tertiary/aromatic N) is 1. The number of H-pyrrole nitrogens is 1. The second kappa shape index (κ2) is 4.84. The average Bonchev–Trinajstić information content (AvgIpc) is 3.04. The molecule has 0 radical (unpaired) electrons. The van der Waals surface area contributed by atoms with Crippen molar-refractivity contribution in [3.05, 3.63) is 35.8 Å². The lowest BCUT2D eigenvalue weighted by Crippen LogP contribution is -2.48. The lowest BCUT2D eigenvalue weighted by atomic mass is 9.96. The van der Waals surface area contributed by atoms with Gasteiger partial charge < -0.3 is 15.0 Å². The number of benzene rings is 1. The summed E-state index contributed by atoms with van der Waals surface area (Å²) in [5.74, 6) is -0.632. The normalized spacial score (nSPS) is 19.4. The Morgan fingerprint density at radius 3 is 2.95 bits per heavy atom. The first-order chi connectivity index (χ1) is 9.89. The number of aromatic nitrogens is 1. The maximum absolute atomic E-state index is 14.0. The number of aromatic amines is 1. The van der Waals surface area contributed by atoms with Crippen LogP contribution < -0.4 is 0 Å². The lowest BCUT2D eigenvalue weighted by molar-refractivity contribution is 0.000403. The first-order valence-electron chi connectivity index (χ1n) is 7.18. The van der Waals surface area contributed by atoms with Gasteiger partial charge in [-0.1, -0.05) is 6.07 Å². The van der Waals surface area contributed by atoms with E-state index in [0.29, 0.717) is 23.0 Å². The van der Waals surface area contributed by atoms with E-state index in [-0.39, 0.29) is 11.9 Å².